The van der Waals surface area contributed by atoms with Gasteiger partial charge in [0.25, 0.3) is 0 Å². The maximum Gasteiger partial charge on any atom is 0.248 e. The number of rotatable bonds is 22. The van der Waals surface area contributed by atoms with Crippen molar-refractivity contribution in [2.24, 2.45) is 17.4 Å². The van der Waals surface area contributed by atoms with E-state index in [9.17, 15) is 55.5 Å². The van der Waals surface area contributed by atoms with Crippen LogP contribution in [0, 0.1) is 5.92 Å². The molecule has 38 heteroatoms. The minimum Gasteiger partial charge on any atom is -0.508 e. The van der Waals surface area contributed by atoms with Gasteiger partial charge in [-0.15, -0.1) is 0 Å². The van der Waals surface area contributed by atoms with Gasteiger partial charge >= 0.3 is 0 Å². The molecule has 4 fully saturated rings. The van der Waals surface area contributed by atoms with Crippen LogP contribution in [-0.4, -0.2) is 210 Å². The number of phenolic OH excluding ortho intramolecular Hbond substituents is 3. The molecule has 22 atom stereocenters. The summed E-state index contributed by atoms with van der Waals surface area (Å²) in [5, 5.41) is 132. The lowest BCUT2D eigenvalue weighted by molar-refractivity contribution is -0.334. The van der Waals surface area contributed by atoms with E-state index in [0.29, 0.717) is 11.5 Å². The molecule has 36 nitrogen and oxygen atoms in total. The maximum atomic E-state index is 16.8. The quantitative estimate of drug-likeness (QED) is 0.0321. The van der Waals surface area contributed by atoms with E-state index >= 15 is 28.8 Å². The highest BCUT2D eigenvalue weighted by Crippen LogP contribution is 2.51. The number of likely N-dealkylation sites (N-methyl/N-ethyl adjacent to an activating group) is 1. The average Bonchev–Trinajstić information content (AvgIpc) is 0.759. The summed E-state index contributed by atoms with van der Waals surface area (Å²) in [5.74, 6) is -14.3. The third-order valence-corrected chi connectivity index (χ3v) is 27.0. The Labute approximate surface area is 799 Å². The van der Waals surface area contributed by atoms with Crippen molar-refractivity contribution in [3.05, 3.63) is 212 Å². The Kier molecular flexibility index (Phi) is 30.9. The first-order valence-corrected chi connectivity index (χ1v) is 46.4. The Balaban J connectivity index is 0.915. The summed E-state index contributed by atoms with van der Waals surface area (Å²) >= 11 is 14.9. The SMILES string of the molecule is CN[C@H](CC(C)C)C(=O)N[C@H]1C(=O)N[C@@H](CC(N)=O)C(=O)N[C@H]2C(=O)N[C@H]3C(=O)N[C@H](C(=O)N[C@H](C(=O)NCc4ccc(C5CCCCC5)cc4)c4cc(O)cc(O)c4-c4cc3ccc4O)[C@H](O[C@H]3C[C@](C)(N)[C@@H](O)[C@H](C)O3)c3ccc(c(Cl)c3)Oc3cc2cc(c3O[C@@H]2O[C@H](CO)[C@@H](O)[C@H](O)[C@H]2O[C@H]2C[C@](C)(NCc3ccc(-c4ccccc4)cc3)[C@@H](O)[C@H](C)O2)Oc2ccc(cc2Cl)[C@H]1O. The molecule has 17 rings (SSSR count). The Morgan fingerprint density at radius 1 is 0.599 bits per heavy atom. The number of hydrogen-bond acceptors (Lipinski definition) is 28. The van der Waals surface area contributed by atoms with Crippen LogP contribution in [0.15, 0.2) is 158 Å². The zero-order valence-corrected chi connectivity index (χ0v) is 77.7. The van der Waals surface area contributed by atoms with Crippen LogP contribution in [0.3, 0.4) is 0 Å². The number of nitrogens with one attached hydrogen (secondary N) is 9. The molecule has 0 spiro atoms. The molecule has 8 aromatic rings. The topological polar surface area (TPSA) is 553 Å². The number of halogens is 2. The molecule has 1 saturated carbocycles. The van der Waals surface area contributed by atoms with Gasteiger partial charge in [-0.3, -0.25) is 38.4 Å². The van der Waals surface area contributed by atoms with Gasteiger partial charge in [-0.05, 0) is 176 Å². The smallest absolute Gasteiger partial charge is 0.248 e. The zero-order valence-electron chi connectivity index (χ0n) is 76.2. The fourth-order valence-corrected chi connectivity index (χ4v) is 19.3. The van der Waals surface area contributed by atoms with E-state index in [4.69, 9.17) is 72.6 Å². The van der Waals surface area contributed by atoms with E-state index in [2.05, 4.69) is 47.9 Å². The average molecular weight is 1930 g/mol. The number of carbonyl (C=O) groups is 8. The minimum absolute atomic E-state index is 0.106. The molecule has 22 N–H and O–H groups in total. The zero-order chi connectivity index (χ0) is 97.9. The molecular formula is C99H115Cl2N11O25. The van der Waals surface area contributed by atoms with Crippen molar-refractivity contribution in [2.45, 2.75) is 252 Å². The molecule has 3 saturated heterocycles. The second-order valence-corrected chi connectivity index (χ2v) is 37.9. The Hall–Kier alpha value is -11.7. The summed E-state index contributed by atoms with van der Waals surface area (Å²) in [6.07, 6.45) is -17.4. The van der Waals surface area contributed by atoms with Crippen LogP contribution in [0.5, 0.6) is 46.0 Å². The number of amides is 8. The van der Waals surface area contributed by atoms with Crippen LogP contribution in [-0.2, 0) is 75.1 Å². The van der Waals surface area contributed by atoms with Gasteiger partial charge < -0.3 is 143 Å². The number of phenols is 3. The van der Waals surface area contributed by atoms with Gasteiger partial charge in [0.2, 0.25) is 59.3 Å². The van der Waals surface area contributed by atoms with Gasteiger partial charge in [-0.1, -0.05) is 153 Å². The lowest BCUT2D eigenvalue weighted by Crippen LogP contribution is -2.65. The van der Waals surface area contributed by atoms with E-state index in [-0.39, 0.29) is 82.6 Å². The van der Waals surface area contributed by atoms with Gasteiger partial charge in [0.15, 0.2) is 30.2 Å². The van der Waals surface area contributed by atoms with Crippen LogP contribution in [0.25, 0.3) is 22.3 Å². The fourth-order valence-electron chi connectivity index (χ4n) is 18.8. The van der Waals surface area contributed by atoms with Gasteiger partial charge in [-0.25, -0.2) is 0 Å². The summed E-state index contributed by atoms with van der Waals surface area (Å²) < 4.78 is 53.7. The molecule has 8 aromatic carbocycles. The van der Waals surface area contributed by atoms with Crippen molar-refractivity contribution in [3.8, 4) is 68.2 Å². The number of nitrogens with two attached hydrogens (primary N) is 2. The van der Waals surface area contributed by atoms with E-state index < -0.39 is 244 Å². The highest BCUT2D eigenvalue weighted by molar-refractivity contribution is 6.32. The second kappa shape index (κ2) is 42.4. The van der Waals surface area contributed by atoms with Crippen molar-refractivity contribution in [1.29, 1.82) is 0 Å². The summed E-state index contributed by atoms with van der Waals surface area (Å²) in [7, 11) is 1.49. The number of carbonyl (C=O) groups excluding carboxylic acids is 8. The molecule has 11 bridgehead atoms. The lowest BCUT2D eigenvalue weighted by atomic mass is 9.84. The molecule has 137 heavy (non-hydrogen) atoms. The number of benzene rings is 8. The summed E-state index contributed by atoms with van der Waals surface area (Å²) in [6, 6.07) is 26.0. The molecular weight excluding hydrogens is 1810 g/mol. The number of hydrogen-bond donors (Lipinski definition) is 20. The van der Waals surface area contributed by atoms with E-state index in [1.54, 1.807) is 13.8 Å². The number of primary amides is 1. The highest BCUT2D eigenvalue weighted by Gasteiger charge is 2.53. The van der Waals surface area contributed by atoms with Gasteiger partial charge in [0, 0.05) is 54.2 Å². The van der Waals surface area contributed by atoms with Crippen molar-refractivity contribution < 1.29 is 122 Å². The molecule has 8 amide bonds. The first-order valence-electron chi connectivity index (χ1n) is 45.6. The Bertz CT molecular complexity index is 5780. The van der Waals surface area contributed by atoms with Crippen molar-refractivity contribution >= 4 is 70.5 Å². The Morgan fingerprint density at radius 3 is 1.84 bits per heavy atom. The van der Waals surface area contributed by atoms with Crippen LogP contribution in [0.2, 0.25) is 10.0 Å². The van der Waals surface area contributed by atoms with Gasteiger partial charge in [0.1, 0.15) is 95.5 Å². The normalized spacial score (nSPS) is 28.9. The monoisotopic (exact) mass is 1930 g/mol. The van der Waals surface area contributed by atoms with Gasteiger partial charge in [0.05, 0.1) is 53.5 Å². The van der Waals surface area contributed by atoms with Crippen LogP contribution >= 0.6 is 23.2 Å². The third-order valence-electron chi connectivity index (χ3n) is 26.4. The summed E-state index contributed by atoms with van der Waals surface area (Å²) in [5.41, 5.74) is 12.3. The third kappa shape index (κ3) is 22.4. The fraction of sp³-hybridized carbons (Fsp3) is 0.434. The van der Waals surface area contributed by atoms with Crippen LogP contribution < -0.4 is 73.5 Å². The standard InChI is InChI=1S/C99H115Cl2N11O25/c1-46(2)32-64(104-7)90(123)111-80-82(118)56-27-30-68(62(100)34-56)132-70-36-58-37-71(86(70)137-97-87(84(120)83(119)72(45-113)134-97)136-75-42-99(6,89(122)48(4)131-75)106-44-50-20-24-54(25-21-50)52-16-12-9-13-17-52)133-69-31-28-57(35-63(69)101)85(135-74-41-98(5,103)88(121)47(3)130-74)81-96(129)110-79(92(125)105-43-49-18-22-53(23-19-49)51-14-10-8-11-15-51)61-38-59(114)39-67(116)76(61)60-33-55(26-29-66(60)115)77(93(126)112-81)109-94(127)78(58)108-91(124)65(40-73(102)117)107-95(80)128/h9,12-13,16-31,33-39,46-48,51,64-65,72,74-75,77-85,87-89,97,104,106,113-116,118-122H,8,10-11,14-15,32,40-45,103H2,1-7H3,(H2,102,117)(H,105,125)(H,107,128)(H,108,124)(H,109,127)(H,110,129)(H,111,123)(H,112,126)/t47-,48-,64+,65-,72+,74-,75-,77+,78+,79-,80+,81-,82+,83+,84-,85+,87+,88-,89-,97-,98-,99-/m0/s1. The first kappa shape index (κ1) is 99.8. The summed E-state index contributed by atoms with van der Waals surface area (Å²) in [6.45, 7) is 9.08. The van der Waals surface area contributed by atoms with Crippen molar-refractivity contribution in [3.63, 3.8) is 0 Å². The van der Waals surface area contributed by atoms with Crippen molar-refractivity contribution in [1.82, 2.24) is 47.9 Å². The molecule has 0 radical (unpaired) electrons. The number of ether oxygens (including phenoxy) is 8. The van der Waals surface area contributed by atoms with Crippen molar-refractivity contribution in [2.75, 3.05) is 13.7 Å². The molecule has 8 heterocycles. The lowest BCUT2D eigenvalue weighted by Gasteiger charge is -2.48. The number of aliphatic hydroxyl groups is 6. The number of aromatic hydroxyl groups is 3. The molecule has 1 aliphatic carbocycles. The molecule has 0 unspecified atom stereocenters. The highest BCUT2D eigenvalue weighted by atomic mass is 35.5. The number of aliphatic hydroxyl groups excluding tert-OH is 6. The first-order chi connectivity index (χ1) is 65.3. The van der Waals surface area contributed by atoms with Crippen LogP contribution in [0.1, 0.15) is 180 Å². The maximum absolute atomic E-state index is 16.8. The molecule has 0 aromatic heterocycles. The largest absolute Gasteiger partial charge is 0.508 e. The predicted octanol–water partition coefficient (Wildman–Crippen LogP) is 7.12. The second-order valence-electron chi connectivity index (χ2n) is 37.0. The molecule has 730 valence electrons. The molecule has 8 aliphatic heterocycles. The van der Waals surface area contributed by atoms with Crippen LogP contribution in [0.4, 0.5) is 0 Å². The number of fused-ring (bicyclic) bond motifs is 15. The predicted molar refractivity (Wildman–Crippen MR) is 497 cm³/mol. The van der Waals surface area contributed by atoms with E-state index in [0.717, 1.165) is 103 Å². The minimum atomic E-state index is -2.39. The molecule has 9 aliphatic rings. The van der Waals surface area contributed by atoms with E-state index in [1.807, 2.05) is 92.7 Å². The van der Waals surface area contributed by atoms with Gasteiger partial charge in [-0.2, -0.15) is 0 Å². The summed E-state index contributed by atoms with van der Waals surface area (Å²) in [4.78, 5) is 125. The Morgan fingerprint density at radius 2 is 1.20 bits per heavy atom. The van der Waals surface area contributed by atoms with E-state index in [1.165, 1.54) is 51.2 Å².